The van der Waals surface area contributed by atoms with Gasteiger partial charge in [0, 0.05) is 68.0 Å². The highest BCUT2D eigenvalue weighted by Crippen LogP contribution is 2.60. The van der Waals surface area contributed by atoms with Crippen molar-refractivity contribution in [2.75, 3.05) is 168 Å². The molecule has 2 unspecified atom stereocenters. The fourth-order valence-electron chi connectivity index (χ4n) is 20.4. The third-order valence-corrected chi connectivity index (χ3v) is 28.7. The van der Waals surface area contributed by atoms with Gasteiger partial charge in [0.2, 0.25) is 53.2 Å². The van der Waals surface area contributed by atoms with Gasteiger partial charge >= 0.3 is 13.6 Å². The maximum atomic E-state index is 15.1. The lowest BCUT2D eigenvalue weighted by molar-refractivity contribution is -0.150. The highest BCUT2D eigenvalue weighted by Gasteiger charge is 2.59. The first kappa shape index (κ1) is 112. The van der Waals surface area contributed by atoms with Gasteiger partial charge in [-0.05, 0) is 202 Å². The number of rotatable bonds is 59. The number of aromatic hydroxyl groups is 1. The minimum absolute atomic E-state index is 0.00690. The van der Waals surface area contributed by atoms with Crippen molar-refractivity contribution in [1.29, 1.82) is 0 Å². The summed E-state index contributed by atoms with van der Waals surface area (Å²) in [6.45, 7) is 17.4. The number of allylic oxidation sites excluding steroid dienone is 1. The Bertz CT molecular complexity index is 4910. The number of aryl methyl sites for hydroxylation is 2. The summed E-state index contributed by atoms with van der Waals surface area (Å²) in [5, 5.41) is 37.0. The van der Waals surface area contributed by atoms with Crippen LogP contribution in [0.4, 0.5) is 16.2 Å². The molecule has 0 aromatic heterocycles. The van der Waals surface area contributed by atoms with Crippen LogP contribution in [0.2, 0.25) is 0 Å². The number of carbonyl (C=O) groups excluding carboxylic acids is 10. The summed E-state index contributed by atoms with van der Waals surface area (Å²) in [5.41, 5.74) is 18.9. The first-order chi connectivity index (χ1) is 67.3. The molecule has 1 aliphatic heterocycles. The molecule has 5 aliphatic carbocycles. The number of nitrogens with one attached hydrogen (secondary N) is 9. The SMILES string of the molecule is CC(C)[C@H](NC(=O)[C@@H](CCCCNC(=O)COC1CCCCC/C(NCCOCCOCCOCCOCCOCCP(=O)(O)O)=C\1N)NC(=O)CCOCCOCCOCCOCCNC(=O)CCC(=O)N1Cc2ccccc2C#Cc2ccccc21)C(=O)N[C@@H](CCCNC(N)=O)C(=O)Nc1ccc2c(c1)[C@@]1(C)CCC[C@](C)(C(=O)NC(=O)[C@@]3(C)CCC[C@]4(C)c5cc(O)ccc5CC[C@@H]34)C1CC2. The normalized spacial score (nSPS) is 21.5. The van der Waals surface area contributed by atoms with Gasteiger partial charge in [0.15, 0.2) is 0 Å². The number of imide groups is 1. The predicted molar refractivity (Wildman–Crippen MR) is 526 cm³/mol. The molecule has 140 heavy (non-hydrogen) atoms. The number of unbranched alkanes of at least 4 members (excludes halogenated alkanes) is 1. The average molecular weight is 1970 g/mol. The zero-order chi connectivity index (χ0) is 101. The Balaban J connectivity index is 0.684. The minimum atomic E-state index is -4.09. The Labute approximate surface area is 823 Å². The van der Waals surface area contributed by atoms with Gasteiger partial charge in [-0.1, -0.05) is 122 Å². The van der Waals surface area contributed by atoms with Gasteiger partial charge in [-0.25, -0.2) is 4.79 Å². The number of phenolic OH excluding ortho intramolecular Hbond substituents is 1. The number of nitrogens with two attached hydrogens (primary N) is 2. The van der Waals surface area contributed by atoms with Crippen LogP contribution in [-0.2, 0) is 125 Å². The van der Waals surface area contributed by atoms with E-state index in [2.05, 4.69) is 73.5 Å². The predicted octanol–water partition coefficient (Wildman–Crippen LogP) is 8.21. The second-order valence-corrected chi connectivity index (χ2v) is 40.2. The minimum Gasteiger partial charge on any atom is -0.508 e. The van der Waals surface area contributed by atoms with Crippen molar-refractivity contribution < 1.29 is 115 Å². The molecule has 0 radical (unpaired) electrons. The fraction of sp³-hybridized carbons (Fsp3) is 0.631. The van der Waals surface area contributed by atoms with E-state index in [9.17, 15) is 52.8 Å². The summed E-state index contributed by atoms with van der Waals surface area (Å²) in [4.78, 5) is 159. The Morgan fingerprint density at radius 1 is 0.500 bits per heavy atom. The Kier molecular flexibility index (Phi) is 45.4. The molecule has 10 atom stereocenters. The number of ether oxygens (including phenoxy) is 10. The molecule has 37 heteroatoms. The van der Waals surface area contributed by atoms with Crippen LogP contribution in [0.25, 0.3) is 0 Å². The third-order valence-electron chi connectivity index (χ3n) is 28.0. The lowest BCUT2D eigenvalue weighted by Gasteiger charge is -2.56. The maximum Gasteiger partial charge on any atom is 0.327 e. The highest BCUT2D eigenvalue weighted by atomic mass is 31.2. The van der Waals surface area contributed by atoms with E-state index in [0.29, 0.717) is 134 Å². The quantitative estimate of drug-likeness (QED) is 0.00856. The molecule has 0 bridgehead atoms. The maximum absolute atomic E-state index is 15.1. The number of nitrogens with zero attached hydrogens (tertiary/aromatic N) is 1. The molecule has 0 spiro atoms. The number of hydrogen-bond donors (Lipinski definition) is 14. The number of para-hydroxylation sites is 1. The summed E-state index contributed by atoms with van der Waals surface area (Å²) in [6, 6.07) is 22.1. The van der Waals surface area contributed by atoms with Crippen LogP contribution in [0.5, 0.6) is 5.75 Å². The lowest BCUT2D eigenvalue weighted by atomic mass is 9.49. The number of benzene rings is 4. The van der Waals surface area contributed by atoms with Crippen LogP contribution >= 0.6 is 7.60 Å². The van der Waals surface area contributed by atoms with Gasteiger partial charge in [-0.2, -0.15) is 0 Å². The van der Waals surface area contributed by atoms with Crippen LogP contribution in [0.15, 0.2) is 96.3 Å². The Morgan fingerprint density at radius 3 is 1.65 bits per heavy atom. The lowest BCUT2D eigenvalue weighted by Crippen LogP contribution is -2.60. The van der Waals surface area contributed by atoms with Crippen molar-refractivity contribution in [3.05, 3.63) is 135 Å². The van der Waals surface area contributed by atoms with Gasteiger partial charge < -0.3 is 121 Å². The smallest absolute Gasteiger partial charge is 0.327 e. The number of anilines is 2. The summed E-state index contributed by atoms with van der Waals surface area (Å²) in [6.07, 6.45) is 11.3. The van der Waals surface area contributed by atoms with Gasteiger partial charge in [0.25, 0.3) is 0 Å². The molecule has 1 heterocycles. The summed E-state index contributed by atoms with van der Waals surface area (Å²) in [7, 11) is -4.09. The molecule has 2 saturated carbocycles. The zero-order valence-corrected chi connectivity index (χ0v) is 83.4. The molecule has 16 N–H and O–H groups in total. The molecule has 11 amide bonds. The molecular weight excluding hydrogens is 1820 g/mol. The molecule has 4 aromatic rings. The molecule has 4 aromatic carbocycles. The molecule has 772 valence electrons. The van der Waals surface area contributed by atoms with Crippen molar-refractivity contribution in [3.8, 4) is 17.6 Å². The average Bonchev–Trinajstić information content (AvgIpc) is 0.716. The second kappa shape index (κ2) is 56.8. The largest absolute Gasteiger partial charge is 0.508 e. The van der Waals surface area contributed by atoms with E-state index in [1.54, 1.807) is 24.8 Å². The van der Waals surface area contributed by atoms with Crippen molar-refractivity contribution in [2.24, 2.45) is 40.1 Å². The number of carbonyl (C=O) groups is 10. The second-order valence-electron chi connectivity index (χ2n) is 38.4. The topological polar surface area (TPSA) is 504 Å². The monoisotopic (exact) mass is 1970 g/mol. The summed E-state index contributed by atoms with van der Waals surface area (Å²) < 4.78 is 67.3. The number of hydrogen-bond acceptors (Lipinski definition) is 24. The van der Waals surface area contributed by atoms with E-state index < -0.39 is 83.6 Å². The first-order valence-electron chi connectivity index (χ1n) is 50.0. The van der Waals surface area contributed by atoms with Crippen LogP contribution in [0.1, 0.15) is 215 Å². The van der Waals surface area contributed by atoms with Crippen LogP contribution in [-0.4, -0.2) is 256 Å². The van der Waals surface area contributed by atoms with Crippen molar-refractivity contribution >= 4 is 78.2 Å². The summed E-state index contributed by atoms with van der Waals surface area (Å²) >= 11 is 0. The zero-order valence-electron chi connectivity index (χ0n) is 82.5. The van der Waals surface area contributed by atoms with Crippen molar-refractivity contribution in [1.82, 2.24) is 42.5 Å². The number of urea groups is 1. The van der Waals surface area contributed by atoms with Crippen molar-refractivity contribution in [3.63, 3.8) is 0 Å². The summed E-state index contributed by atoms with van der Waals surface area (Å²) in [5.74, 6) is 1.97. The van der Waals surface area contributed by atoms with Gasteiger partial charge in [0.05, 0.1) is 160 Å². The molecule has 10 rings (SSSR count). The first-order valence-corrected chi connectivity index (χ1v) is 51.8. The standard InChI is InChI=1S/C103H151N12O24P/c1-71(2)93(96(123)112-83(24-16-45-109-99(105)126)94(121)110-77-33-29-73-31-35-86-100(3,79(73)67-77)40-17-42-102(86,5)97(124)114-98(125)103(6)43-18-41-101(4)80-68-78(116)34-30-74(80)32-36-87(101)103)113-95(122)82(23-14-15-44-107-90(119)70-139-85-26-9-7-8-22-81(92(85)104)106-46-49-131-52-55-134-59-60-136-61-62-137-63-64-138-65-66-140(127,128)129)111-89(118)39-48-130-51-54-133-57-58-135-56-53-132-50-47-108-88(117)37-38-91(120)115-69-76-21-11-10-19-72(76)27-28-75-20-12-13-25-84(75)115/h10-13,19-21,25,29-30,33-34,67-68,71,82-83,85-87,93,106,116H,7-9,14-18,22-24,26,31-32,35-66,69-70,104H2,1-6H3,(H,107,119)(H,108,117)(H,110,121)(H,111,118)(H,112,123)(H,113,122)(H3,105,109,126)(H,114,124,125)(H2,127,128,129)/b92-81-/t82-,83+,85?,86?,87-,93+,100-,101-,102+,103+/m1/s1. The molecule has 2 fully saturated rings. The number of fused-ring (bicyclic) bond motifs is 8. The van der Waals surface area contributed by atoms with Crippen LogP contribution in [0.3, 0.4) is 0 Å². The van der Waals surface area contributed by atoms with E-state index in [0.717, 1.165) is 90.4 Å². The Hall–Kier alpha value is -9.97. The number of phenols is 1. The highest BCUT2D eigenvalue weighted by molar-refractivity contribution is 7.51. The van der Waals surface area contributed by atoms with E-state index in [1.165, 1.54) is 5.56 Å². The van der Waals surface area contributed by atoms with Gasteiger partial charge in [-0.15, -0.1) is 0 Å². The molecule has 36 nitrogen and oxygen atoms in total. The van der Waals surface area contributed by atoms with Crippen LogP contribution < -0.4 is 64.2 Å². The van der Waals surface area contributed by atoms with E-state index >= 15 is 4.79 Å². The van der Waals surface area contributed by atoms with Crippen LogP contribution in [0, 0.1) is 40.4 Å². The third kappa shape index (κ3) is 34.1. The van der Waals surface area contributed by atoms with Gasteiger partial charge in [0.1, 0.15) is 30.5 Å². The molecule has 6 aliphatic rings. The fourth-order valence-corrected chi connectivity index (χ4v) is 20.8. The van der Waals surface area contributed by atoms with E-state index in [1.807, 2.05) is 92.7 Å². The van der Waals surface area contributed by atoms with E-state index in [-0.39, 0.29) is 196 Å². The van der Waals surface area contributed by atoms with Crippen molar-refractivity contribution in [2.45, 2.75) is 231 Å². The van der Waals surface area contributed by atoms with Gasteiger partial charge in [-0.3, -0.25) is 53.0 Å². The number of amides is 11. The molecule has 0 saturated heterocycles. The van der Waals surface area contributed by atoms with E-state index in [4.69, 9.17) is 68.6 Å². The number of primary amides is 1. The Morgan fingerprint density at radius 2 is 1.04 bits per heavy atom. The molecular formula is C103H151N12O24P.